The Kier molecular flexibility index (Phi) is 4.24. The van der Waals surface area contributed by atoms with E-state index in [9.17, 15) is 9.59 Å². The maximum absolute atomic E-state index is 11.7. The lowest BCUT2D eigenvalue weighted by Gasteiger charge is -2.19. The Morgan fingerprint density at radius 2 is 1.95 bits per heavy atom. The number of hydrogen-bond donors (Lipinski definition) is 4. The highest BCUT2D eigenvalue weighted by Crippen LogP contribution is 2.17. The third-order valence-corrected chi connectivity index (χ3v) is 3.28. The number of aromatic nitrogens is 2. The van der Waals surface area contributed by atoms with Crippen LogP contribution >= 0.6 is 0 Å². The second kappa shape index (κ2) is 5.92. The maximum Gasteiger partial charge on any atom is 0.323 e. The van der Waals surface area contributed by atoms with Crippen molar-refractivity contribution in [2.75, 3.05) is 6.54 Å². The van der Waals surface area contributed by atoms with Crippen molar-refractivity contribution < 1.29 is 4.79 Å². The fourth-order valence-corrected chi connectivity index (χ4v) is 2.19. The van der Waals surface area contributed by atoms with E-state index in [1.54, 1.807) is 0 Å². The molecule has 0 aliphatic heterocycles. The van der Waals surface area contributed by atoms with E-state index in [-0.39, 0.29) is 23.7 Å². The first-order valence-corrected chi connectivity index (χ1v) is 6.77. The van der Waals surface area contributed by atoms with E-state index in [1.807, 2.05) is 39.0 Å². The van der Waals surface area contributed by atoms with Crippen molar-refractivity contribution in [3.8, 4) is 0 Å². The minimum Gasteiger partial charge on any atom is -0.355 e. The highest BCUT2D eigenvalue weighted by atomic mass is 16.2. The van der Waals surface area contributed by atoms with Gasteiger partial charge in [0.1, 0.15) is 0 Å². The number of hydrogen-bond acceptors (Lipinski definition) is 3. The molecule has 0 spiro atoms. The highest BCUT2D eigenvalue weighted by molar-refractivity contribution is 5.81. The fourth-order valence-electron chi connectivity index (χ4n) is 2.19. The van der Waals surface area contributed by atoms with Gasteiger partial charge in [-0.15, -0.1) is 0 Å². The lowest BCUT2D eigenvalue weighted by Crippen LogP contribution is -2.43. The summed E-state index contributed by atoms with van der Waals surface area (Å²) in [5, 5.41) is 6.02. The Balaban J connectivity index is 2.12. The molecule has 108 valence electrons. The molecular weight excluding hydrogens is 256 g/mol. The number of rotatable bonds is 5. The quantitative estimate of drug-likeness (QED) is 0.657. The van der Waals surface area contributed by atoms with Crippen molar-refractivity contribution in [1.82, 2.24) is 20.6 Å². The lowest BCUT2D eigenvalue weighted by molar-refractivity contribution is -0.122. The summed E-state index contributed by atoms with van der Waals surface area (Å²) in [6, 6.07) is 5.45. The van der Waals surface area contributed by atoms with Crippen LogP contribution in [0.15, 0.2) is 23.0 Å². The van der Waals surface area contributed by atoms with E-state index < -0.39 is 0 Å². The molecule has 4 N–H and O–H groups in total. The van der Waals surface area contributed by atoms with E-state index in [1.165, 1.54) is 0 Å². The van der Waals surface area contributed by atoms with Crippen molar-refractivity contribution in [3.63, 3.8) is 0 Å². The Hall–Kier alpha value is -2.08. The molecule has 2 aromatic rings. The van der Waals surface area contributed by atoms with Gasteiger partial charge in [0.05, 0.1) is 17.1 Å². The molecule has 2 rings (SSSR count). The summed E-state index contributed by atoms with van der Waals surface area (Å²) in [5.41, 5.74) is 2.35. The number of carbonyl (C=O) groups excluding carboxylic acids is 1. The SMILES string of the molecule is CCNC(=O)C(C)NC(C)c1ccc2[nH]c(=O)[nH]c2c1. The van der Waals surface area contributed by atoms with Gasteiger partial charge >= 0.3 is 5.69 Å². The molecule has 6 heteroatoms. The maximum atomic E-state index is 11.7. The van der Waals surface area contributed by atoms with Gasteiger partial charge in [-0.1, -0.05) is 6.07 Å². The highest BCUT2D eigenvalue weighted by Gasteiger charge is 2.15. The molecule has 20 heavy (non-hydrogen) atoms. The molecular formula is C14H20N4O2. The first-order chi connectivity index (χ1) is 9.51. The normalized spacial score (nSPS) is 14.2. The molecule has 1 heterocycles. The lowest BCUT2D eigenvalue weighted by atomic mass is 10.1. The van der Waals surface area contributed by atoms with Crippen molar-refractivity contribution in [1.29, 1.82) is 0 Å². The molecule has 2 unspecified atom stereocenters. The van der Waals surface area contributed by atoms with E-state index in [0.29, 0.717) is 6.54 Å². The summed E-state index contributed by atoms with van der Waals surface area (Å²) in [7, 11) is 0. The van der Waals surface area contributed by atoms with Crippen molar-refractivity contribution >= 4 is 16.9 Å². The molecule has 0 bridgehead atoms. The first kappa shape index (κ1) is 14.3. The van der Waals surface area contributed by atoms with Crippen LogP contribution in [-0.4, -0.2) is 28.5 Å². The average molecular weight is 276 g/mol. The number of likely N-dealkylation sites (N-methyl/N-ethyl adjacent to an activating group) is 1. The van der Waals surface area contributed by atoms with Gasteiger partial charge in [0.25, 0.3) is 0 Å². The topological polar surface area (TPSA) is 89.8 Å². The van der Waals surface area contributed by atoms with Gasteiger partial charge in [-0.3, -0.25) is 10.1 Å². The monoisotopic (exact) mass is 276 g/mol. The number of aromatic amines is 2. The van der Waals surface area contributed by atoms with Crippen LogP contribution in [0.2, 0.25) is 0 Å². The van der Waals surface area contributed by atoms with Crippen LogP contribution in [0, 0.1) is 0 Å². The molecule has 0 saturated heterocycles. The first-order valence-electron chi connectivity index (χ1n) is 6.77. The van der Waals surface area contributed by atoms with E-state index in [0.717, 1.165) is 16.6 Å². The standard InChI is InChI=1S/C14H20N4O2/c1-4-15-13(19)9(3)16-8(2)10-5-6-11-12(7-10)18-14(20)17-11/h5-9,16H,4H2,1-3H3,(H,15,19)(H2,17,18,20). The molecule has 0 radical (unpaired) electrons. The predicted molar refractivity (Wildman–Crippen MR) is 78.6 cm³/mol. The summed E-state index contributed by atoms with van der Waals surface area (Å²) in [5.74, 6) is -0.0181. The van der Waals surface area contributed by atoms with Crippen LogP contribution < -0.4 is 16.3 Å². The zero-order valence-corrected chi connectivity index (χ0v) is 11.9. The summed E-state index contributed by atoms with van der Waals surface area (Å²) in [4.78, 5) is 28.4. The Bertz CT molecular complexity index is 658. The summed E-state index contributed by atoms with van der Waals surface area (Å²) in [6.07, 6.45) is 0. The molecule has 0 fully saturated rings. The van der Waals surface area contributed by atoms with Crippen LogP contribution in [0.25, 0.3) is 11.0 Å². The summed E-state index contributed by atoms with van der Waals surface area (Å²) in [6.45, 7) is 6.33. The van der Waals surface area contributed by atoms with Crippen LogP contribution in [0.3, 0.4) is 0 Å². The van der Waals surface area contributed by atoms with Crippen LogP contribution in [0.5, 0.6) is 0 Å². The molecule has 6 nitrogen and oxygen atoms in total. The molecule has 0 aliphatic carbocycles. The average Bonchev–Trinajstić information content (AvgIpc) is 2.77. The molecule has 0 saturated carbocycles. The number of carbonyl (C=O) groups is 1. The number of amides is 1. The van der Waals surface area contributed by atoms with Gasteiger partial charge in [0.2, 0.25) is 5.91 Å². The van der Waals surface area contributed by atoms with Gasteiger partial charge in [0, 0.05) is 12.6 Å². The molecule has 1 aromatic heterocycles. The third kappa shape index (κ3) is 3.08. The molecule has 1 aromatic carbocycles. The molecule has 1 amide bonds. The number of H-pyrrole nitrogens is 2. The predicted octanol–water partition coefficient (Wildman–Crippen LogP) is 1.03. The van der Waals surface area contributed by atoms with Gasteiger partial charge in [-0.05, 0) is 38.5 Å². The van der Waals surface area contributed by atoms with Crippen LogP contribution in [0.4, 0.5) is 0 Å². The Labute approximate surface area is 117 Å². The number of benzene rings is 1. The second-order valence-electron chi connectivity index (χ2n) is 4.89. The third-order valence-electron chi connectivity index (χ3n) is 3.28. The van der Waals surface area contributed by atoms with Crippen LogP contribution in [0.1, 0.15) is 32.4 Å². The molecule has 2 atom stereocenters. The zero-order chi connectivity index (χ0) is 14.7. The van der Waals surface area contributed by atoms with Gasteiger partial charge in [0.15, 0.2) is 0 Å². The largest absolute Gasteiger partial charge is 0.355 e. The summed E-state index contributed by atoms with van der Waals surface area (Å²) < 4.78 is 0. The van der Waals surface area contributed by atoms with Gasteiger partial charge < -0.3 is 15.3 Å². The minimum absolute atomic E-state index is 0.00964. The van der Waals surface area contributed by atoms with Crippen molar-refractivity contribution in [3.05, 3.63) is 34.2 Å². The fraction of sp³-hybridized carbons (Fsp3) is 0.429. The smallest absolute Gasteiger partial charge is 0.323 e. The Morgan fingerprint density at radius 1 is 1.25 bits per heavy atom. The van der Waals surface area contributed by atoms with Crippen LogP contribution in [-0.2, 0) is 4.79 Å². The van der Waals surface area contributed by atoms with Crippen molar-refractivity contribution in [2.45, 2.75) is 32.9 Å². The number of imidazole rings is 1. The second-order valence-corrected chi connectivity index (χ2v) is 4.89. The summed E-state index contributed by atoms with van der Waals surface area (Å²) >= 11 is 0. The molecule has 0 aliphatic rings. The van der Waals surface area contributed by atoms with Gasteiger partial charge in [-0.25, -0.2) is 4.79 Å². The van der Waals surface area contributed by atoms with E-state index >= 15 is 0 Å². The zero-order valence-electron chi connectivity index (χ0n) is 11.9. The van der Waals surface area contributed by atoms with E-state index in [2.05, 4.69) is 20.6 Å². The van der Waals surface area contributed by atoms with Gasteiger partial charge in [-0.2, -0.15) is 0 Å². The van der Waals surface area contributed by atoms with Crippen molar-refractivity contribution in [2.24, 2.45) is 0 Å². The number of fused-ring (bicyclic) bond motifs is 1. The van der Waals surface area contributed by atoms with E-state index in [4.69, 9.17) is 0 Å². The number of nitrogens with one attached hydrogen (secondary N) is 4. The Morgan fingerprint density at radius 3 is 2.65 bits per heavy atom. The minimum atomic E-state index is -0.272.